The van der Waals surface area contributed by atoms with Gasteiger partial charge in [0.05, 0.1) is 6.04 Å². The molecule has 1 atom stereocenters. The van der Waals surface area contributed by atoms with E-state index in [0.29, 0.717) is 12.1 Å². The summed E-state index contributed by atoms with van der Waals surface area (Å²) in [5, 5.41) is 3.58. The molecule has 0 aliphatic heterocycles. The molecule has 0 bridgehead atoms. The van der Waals surface area contributed by atoms with Crippen LogP contribution in [0.25, 0.3) is 11.0 Å². The van der Waals surface area contributed by atoms with E-state index in [1.54, 1.807) is 18.2 Å². The van der Waals surface area contributed by atoms with E-state index in [0.717, 1.165) is 10.9 Å². The Morgan fingerprint density at radius 2 is 1.81 bits per heavy atom. The zero-order chi connectivity index (χ0) is 18.7. The van der Waals surface area contributed by atoms with Crippen molar-refractivity contribution in [3.8, 4) is 0 Å². The van der Waals surface area contributed by atoms with Crippen LogP contribution in [0.15, 0.2) is 63.8 Å². The number of carbonyl (C=O) groups excluding carboxylic acids is 1. The fourth-order valence-corrected chi connectivity index (χ4v) is 2.89. The molecule has 5 heteroatoms. The molecule has 134 valence electrons. The minimum absolute atomic E-state index is 0.00653. The van der Waals surface area contributed by atoms with Crippen LogP contribution in [-0.2, 0) is 0 Å². The first-order valence-corrected chi connectivity index (χ1v) is 8.50. The van der Waals surface area contributed by atoms with Crippen molar-refractivity contribution in [3.63, 3.8) is 0 Å². The van der Waals surface area contributed by atoms with Crippen molar-refractivity contribution in [2.45, 2.75) is 13.0 Å². The highest BCUT2D eigenvalue weighted by Crippen LogP contribution is 2.18. The van der Waals surface area contributed by atoms with Gasteiger partial charge in [0, 0.05) is 11.9 Å². The second-order valence-corrected chi connectivity index (χ2v) is 6.59. The standard InChI is InChI=1S/C21H22N2O3/c1-14-8-10-15(11-9-14)18(23(2)3)13-22-20(24)17-12-16-6-4-5-7-19(16)26-21(17)25/h4-12,18H,13H2,1-3H3,(H,22,24)/t18-/m1/s1. The molecule has 0 saturated carbocycles. The summed E-state index contributed by atoms with van der Waals surface area (Å²) in [6, 6.07) is 16.9. The van der Waals surface area contributed by atoms with E-state index in [-0.39, 0.29) is 11.6 Å². The van der Waals surface area contributed by atoms with Crippen LogP contribution in [0.3, 0.4) is 0 Å². The molecule has 0 fully saturated rings. The zero-order valence-corrected chi connectivity index (χ0v) is 15.2. The van der Waals surface area contributed by atoms with Crippen molar-refractivity contribution in [2.75, 3.05) is 20.6 Å². The second kappa shape index (κ2) is 7.54. The number of carbonyl (C=O) groups is 1. The highest BCUT2D eigenvalue weighted by atomic mass is 16.4. The zero-order valence-electron chi connectivity index (χ0n) is 15.2. The Balaban J connectivity index is 1.79. The fourth-order valence-electron chi connectivity index (χ4n) is 2.89. The number of nitrogens with zero attached hydrogens (tertiary/aromatic N) is 1. The van der Waals surface area contributed by atoms with Gasteiger partial charge in [-0.1, -0.05) is 48.0 Å². The van der Waals surface area contributed by atoms with E-state index in [4.69, 9.17) is 4.42 Å². The Bertz CT molecular complexity index is 974. The summed E-state index contributed by atoms with van der Waals surface area (Å²) < 4.78 is 5.24. The first-order valence-electron chi connectivity index (χ1n) is 8.50. The van der Waals surface area contributed by atoms with E-state index < -0.39 is 11.5 Å². The Morgan fingerprint density at radius 1 is 1.12 bits per heavy atom. The number of para-hydroxylation sites is 1. The lowest BCUT2D eigenvalue weighted by Crippen LogP contribution is -2.36. The molecule has 0 aliphatic rings. The first kappa shape index (κ1) is 17.9. The van der Waals surface area contributed by atoms with Crippen molar-refractivity contribution in [1.29, 1.82) is 0 Å². The summed E-state index contributed by atoms with van der Waals surface area (Å²) in [6.07, 6.45) is 0. The van der Waals surface area contributed by atoms with E-state index >= 15 is 0 Å². The fraction of sp³-hybridized carbons (Fsp3) is 0.238. The average Bonchev–Trinajstić information content (AvgIpc) is 2.62. The molecule has 3 aromatic rings. The number of likely N-dealkylation sites (N-methyl/N-ethyl adjacent to an activating group) is 1. The van der Waals surface area contributed by atoms with Gasteiger partial charge in [-0.15, -0.1) is 0 Å². The van der Waals surface area contributed by atoms with Crippen LogP contribution in [0.2, 0.25) is 0 Å². The summed E-state index contributed by atoms with van der Waals surface area (Å²) in [4.78, 5) is 26.7. The third-order valence-electron chi connectivity index (χ3n) is 4.43. The molecule has 0 saturated heterocycles. The van der Waals surface area contributed by atoms with Gasteiger partial charge in [0.15, 0.2) is 0 Å². The van der Waals surface area contributed by atoms with Crippen molar-refractivity contribution in [3.05, 3.63) is 81.7 Å². The Hall–Kier alpha value is -2.92. The number of hydrogen-bond acceptors (Lipinski definition) is 4. The van der Waals surface area contributed by atoms with Crippen LogP contribution in [0.1, 0.15) is 27.5 Å². The largest absolute Gasteiger partial charge is 0.422 e. The van der Waals surface area contributed by atoms with Crippen molar-refractivity contribution >= 4 is 16.9 Å². The minimum Gasteiger partial charge on any atom is -0.422 e. The molecule has 0 aliphatic carbocycles. The van der Waals surface area contributed by atoms with E-state index in [9.17, 15) is 9.59 Å². The first-order chi connectivity index (χ1) is 12.5. The molecule has 1 N–H and O–H groups in total. The van der Waals surface area contributed by atoms with Crippen LogP contribution < -0.4 is 10.9 Å². The van der Waals surface area contributed by atoms with Crippen LogP contribution in [-0.4, -0.2) is 31.4 Å². The second-order valence-electron chi connectivity index (χ2n) is 6.59. The molecule has 26 heavy (non-hydrogen) atoms. The van der Waals surface area contributed by atoms with E-state index in [1.807, 2.05) is 50.2 Å². The molecule has 3 rings (SSSR count). The molecule has 5 nitrogen and oxygen atoms in total. The minimum atomic E-state index is -0.627. The number of nitrogens with one attached hydrogen (secondary N) is 1. The van der Waals surface area contributed by atoms with Crippen LogP contribution in [0, 0.1) is 6.92 Å². The number of amides is 1. The number of rotatable bonds is 5. The number of hydrogen-bond donors (Lipinski definition) is 1. The van der Waals surface area contributed by atoms with Gasteiger partial charge in [0.2, 0.25) is 0 Å². The SMILES string of the molecule is Cc1ccc([C@@H](CNC(=O)c2cc3ccccc3oc2=O)N(C)C)cc1. The maximum atomic E-state index is 12.5. The number of benzene rings is 2. The molecule has 2 aromatic carbocycles. The van der Waals surface area contributed by atoms with Crippen LogP contribution in [0.5, 0.6) is 0 Å². The lowest BCUT2D eigenvalue weighted by atomic mass is 10.0. The quantitative estimate of drug-likeness (QED) is 0.718. The topological polar surface area (TPSA) is 62.6 Å². The maximum absolute atomic E-state index is 12.5. The molecule has 1 heterocycles. The van der Waals surface area contributed by atoms with Crippen molar-refractivity contribution in [1.82, 2.24) is 10.2 Å². The highest BCUT2D eigenvalue weighted by molar-refractivity contribution is 5.96. The van der Waals surface area contributed by atoms with Gasteiger partial charge in [0.1, 0.15) is 11.1 Å². The molecule has 1 aromatic heterocycles. The van der Waals surface area contributed by atoms with Gasteiger partial charge in [-0.25, -0.2) is 4.79 Å². The van der Waals surface area contributed by atoms with Crippen molar-refractivity contribution in [2.24, 2.45) is 0 Å². The monoisotopic (exact) mass is 350 g/mol. The molecule has 0 unspecified atom stereocenters. The number of aryl methyl sites for hydroxylation is 1. The summed E-state index contributed by atoms with van der Waals surface area (Å²) in [5.41, 5.74) is 2.15. The van der Waals surface area contributed by atoms with Gasteiger partial charge < -0.3 is 14.6 Å². The normalized spacial score (nSPS) is 12.3. The smallest absolute Gasteiger partial charge is 0.349 e. The lowest BCUT2D eigenvalue weighted by Gasteiger charge is -2.25. The summed E-state index contributed by atoms with van der Waals surface area (Å²) in [7, 11) is 3.92. The molecule has 0 radical (unpaired) electrons. The third kappa shape index (κ3) is 3.83. The Morgan fingerprint density at radius 3 is 2.50 bits per heavy atom. The Kier molecular flexibility index (Phi) is 5.19. The highest BCUT2D eigenvalue weighted by Gasteiger charge is 2.18. The predicted octanol–water partition coefficient (Wildman–Crippen LogP) is 3.13. The van der Waals surface area contributed by atoms with Crippen molar-refractivity contribution < 1.29 is 9.21 Å². The summed E-state index contributed by atoms with van der Waals surface area (Å²) in [5.74, 6) is -0.427. The van der Waals surface area contributed by atoms with Gasteiger partial charge in [-0.3, -0.25) is 4.79 Å². The molecular weight excluding hydrogens is 328 g/mol. The van der Waals surface area contributed by atoms with Crippen LogP contribution >= 0.6 is 0 Å². The summed E-state index contributed by atoms with van der Waals surface area (Å²) >= 11 is 0. The lowest BCUT2D eigenvalue weighted by molar-refractivity contribution is 0.0938. The van der Waals surface area contributed by atoms with Gasteiger partial charge in [-0.2, -0.15) is 0 Å². The molecule has 1 amide bonds. The average molecular weight is 350 g/mol. The summed E-state index contributed by atoms with van der Waals surface area (Å²) in [6.45, 7) is 2.43. The maximum Gasteiger partial charge on any atom is 0.349 e. The number of fused-ring (bicyclic) bond motifs is 1. The molecular formula is C21H22N2O3. The van der Waals surface area contributed by atoms with Gasteiger partial charge in [-0.05, 0) is 38.7 Å². The predicted molar refractivity (Wildman–Crippen MR) is 102 cm³/mol. The van der Waals surface area contributed by atoms with E-state index in [2.05, 4.69) is 17.4 Å². The molecule has 0 spiro atoms. The third-order valence-corrected chi connectivity index (χ3v) is 4.43. The van der Waals surface area contributed by atoms with Gasteiger partial charge in [0.25, 0.3) is 5.91 Å². The Labute approximate surface area is 152 Å². The van der Waals surface area contributed by atoms with Crippen LogP contribution in [0.4, 0.5) is 0 Å². The van der Waals surface area contributed by atoms with Gasteiger partial charge >= 0.3 is 5.63 Å². The van der Waals surface area contributed by atoms with E-state index in [1.165, 1.54) is 5.56 Å².